The first-order valence-electron chi connectivity index (χ1n) is 40.0. The standard InChI is InChI=1S/C18H25ClN4O2.C17H20ClF3N4O2.C17H21ClN4O.C15H18ClF3N4O2.C15H21ClN4O/c1-11(2)23-16-13(7-8-14(19)21-16)20-17(23)22-15(24)10-12-6-5-9-18(3,4)25-12;1-16(2)7-3-4-10(27-16)8-13(26)24-15-22-11-5-6-12(18)23-14(11)25(15)9-17(19,20)21;1-2-11-22-16-13(8-9-14(18)20-16)19-17(22)21-15(23)10-7-12-5-3-4-6-12;1-14(2,3)25-7-6-11(24)22-13-20-9-4-5-10(16)21-12(9)23(13)8-15(17,18)19;1-9(2)20-13-10(6-7-11(16)18-13)17-14(20)19-12(21)8-15(3,4)5/h7-8,11-12H,5-6,9-10H2,1-4H3,(H,20,22,24);5-6,10H,3-4,7-9H2,1-2H3,(H,22,24,26);2,8-9,12H,1,3-7,10-11H2,(H,19,21,23);4-5H,6-8H2,1-3H3,(H,20,22,24);6-7,9H,8H2,1-5H3,(H,17,19,21). The maximum atomic E-state index is 13.0. The second-order valence-corrected chi connectivity index (χ2v) is 35.8. The summed E-state index contributed by atoms with van der Waals surface area (Å²) >= 11 is 29.5. The molecule has 2 atom stereocenters. The molecule has 5 N–H and O–H groups in total. The lowest BCUT2D eigenvalue weighted by Crippen LogP contribution is -2.37. The number of carbonyl (C=O) groups is 5. The fraction of sp³-hybridized carbons (Fsp3) is 0.549. The van der Waals surface area contributed by atoms with E-state index in [-0.39, 0.29) is 123 Å². The highest BCUT2D eigenvalue weighted by atomic mass is 35.5. The number of pyridine rings is 5. The Kier molecular flexibility index (Phi) is 32.6. The molecule has 121 heavy (non-hydrogen) atoms. The van der Waals surface area contributed by atoms with Crippen molar-refractivity contribution in [3.63, 3.8) is 0 Å². The second-order valence-electron chi connectivity index (χ2n) is 33.9. The van der Waals surface area contributed by atoms with Crippen molar-refractivity contribution in [1.29, 1.82) is 0 Å². The van der Waals surface area contributed by atoms with E-state index in [0.29, 0.717) is 93.0 Å². The van der Waals surface area contributed by atoms with Crippen LogP contribution in [0.3, 0.4) is 0 Å². The number of nitrogens with one attached hydrogen (secondary N) is 5. The first kappa shape index (κ1) is 95.9. The number of alkyl halides is 6. The van der Waals surface area contributed by atoms with Crippen molar-refractivity contribution in [2.45, 2.75) is 273 Å². The maximum Gasteiger partial charge on any atom is 0.406 e. The van der Waals surface area contributed by atoms with Crippen molar-refractivity contribution >= 4 is 173 Å². The third-order valence-corrected chi connectivity index (χ3v) is 20.2. The zero-order chi connectivity index (χ0) is 88.9. The van der Waals surface area contributed by atoms with E-state index in [2.05, 4.69) is 96.9 Å². The average molecular weight is 1790 g/mol. The van der Waals surface area contributed by atoms with Crippen molar-refractivity contribution in [3.05, 3.63) is 99.1 Å². The number of aromatic nitrogens is 15. The van der Waals surface area contributed by atoms with Crippen LogP contribution in [0.2, 0.25) is 25.8 Å². The van der Waals surface area contributed by atoms with E-state index >= 15 is 0 Å². The van der Waals surface area contributed by atoms with Crippen LogP contribution in [0, 0.1) is 11.3 Å². The van der Waals surface area contributed by atoms with E-state index in [9.17, 15) is 50.3 Å². The van der Waals surface area contributed by atoms with Gasteiger partial charge in [0.15, 0.2) is 28.2 Å². The molecular weight excluding hydrogens is 1680 g/mol. The quantitative estimate of drug-likeness (QED) is 0.0239. The van der Waals surface area contributed by atoms with Crippen LogP contribution in [-0.4, -0.2) is 150 Å². The first-order valence-corrected chi connectivity index (χ1v) is 41.9. The van der Waals surface area contributed by atoms with Gasteiger partial charge in [-0.25, -0.2) is 49.8 Å². The van der Waals surface area contributed by atoms with E-state index in [1.54, 1.807) is 30.3 Å². The van der Waals surface area contributed by atoms with Crippen LogP contribution in [0.5, 0.6) is 0 Å². The SMILES string of the molecule is C=CCn1c(NC(=O)CCC2CCCC2)nc2ccc(Cl)nc21.CC(C)(C)OCCC(=O)Nc1nc2ccc(Cl)nc2n1CC(F)(F)F.CC(C)n1c(NC(=O)CC(C)(C)C)nc2ccc(Cl)nc21.CC(C)n1c(NC(=O)CC2CCCC(C)(C)O2)nc2ccc(Cl)nc21.CC1(C)CCCC(CC(=O)Nc2nc3ccc(Cl)nc3n2CC(F)(F)F)O1. The molecule has 2 saturated heterocycles. The van der Waals surface area contributed by atoms with Gasteiger partial charge >= 0.3 is 12.4 Å². The molecular formula is C82H105Cl5F6N20O8. The Hall–Kier alpha value is -8.90. The summed E-state index contributed by atoms with van der Waals surface area (Å²) in [5.41, 5.74) is 3.54. The minimum Gasteiger partial charge on any atom is -0.375 e. The number of ether oxygens (including phenoxy) is 3. The summed E-state index contributed by atoms with van der Waals surface area (Å²) in [6.07, 6.45) is 5.39. The van der Waals surface area contributed by atoms with Gasteiger partial charge in [0.25, 0.3) is 0 Å². The van der Waals surface area contributed by atoms with Gasteiger partial charge in [-0.15, -0.1) is 6.58 Å². The molecule has 10 aromatic rings. The summed E-state index contributed by atoms with van der Waals surface area (Å²) in [6.45, 7) is 29.4. The summed E-state index contributed by atoms with van der Waals surface area (Å²) in [4.78, 5) is 103. The largest absolute Gasteiger partial charge is 0.406 e. The van der Waals surface area contributed by atoms with Crippen LogP contribution in [0.15, 0.2) is 73.3 Å². The van der Waals surface area contributed by atoms with Crippen molar-refractivity contribution in [2.75, 3.05) is 33.2 Å². The first-order chi connectivity index (χ1) is 56.6. The number of allylic oxidation sites excluding steroid dienone is 1. The molecule has 3 aliphatic rings. The molecule has 2 aliphatic heterocycles. The number of hydrogen-bond donors (Lipinski definition) is 5. The fourth-order valence-electron chi connectivity index (χ4n) is 14.0. The van der Waals surface area contributed by atoms with Crippen LogP contribution >= 0.6 is 58.0 Å². The van der Waals surface area contributed by atoms with Crippen molar-refractivity contribution in [1.82, 2.24) is 72.7 Å². The van der Waals surface area contributed by atoms with E-state index in [0.717, 1.165) is 59.6 Å². The number of imidazole rings is 5. The molecule has 0 radical (unpaired) electrons. The van der Waals surface area contributed by atoms with Crippen molar-refractivity contribution in [3.8, 4) is 0 Å². The lowest BCUT2D eigenvalue weighted by molar-refractivity contribution is -0.140. The third kappa shape index (κ3) is 29.1. The molecule has 12 heterocycles. The van der Waals surface area contributed by atoms with Gasteiger partial charge in [0.1, 0.15) is 66.4 Å². The predicted octanol–water partition coefficient (Wildman–Crippen LogP) is 20.7. The van der Waals surface area contributed by atoms with Gasteiger partial charge in [0.2, 0.25) is 59.3 Å². The molecule has 5 amide bonds. The molecule has 2 unspecified atom stereocenters. The maximum absolute atomic E-state index is 13.0. The van der Waals surface area contributed by atoms with Gasteiger partial charge in [-0.3, -0.25) is 73.4 Å². The number of nitrogens with zero attached hydrogens (tertiary/aromatic N) is 15. The van der Waals surface area contributed by atoms with E-state index < -0.39 is 42.9 Å². The number of amides is 5. The van der Waals surface area contributed by atoms with Gasteiger partial charge in [-0.2, -0.15) is 26.3 Å². The number of halogens is 11. The van der Waals surface area contributed by atoms with Crippen LogP contribution in [0.1, 0.15) is 212 Å². The monoisotopic (exact) mass is 1790 g/mol. The zero-order valence-electron chi connectivity index (χ0n) is 70.2. The summed E-state index contributed by atoms with van der Waals surface area (Å²) in [5, 5.41) is 14.9. The molecule has 658 valence electrons. The summed E-state index contributed by atoms with van der Waals surface area (Å²) in [6, 6.07) is 16.5. The fourth-order valence-corrected chi connectivity index (χ4v) is 14.8. The highest BCUT2D eigenvalue weighted by Crippen LogP contribution is 2.36. The van der Waals surface area contributed by atoms with Crippen molar-refractivity contribution in [2.24, 2.45) is 11.3 Å². The Morgan fingerprint density at radius 1 is 0.471 bits per heavy atom. The molecule has 39 heteroatoms. The molecule has 3 fully saturated rings. The van der Waals surface area contributed by atoms with Gasteiger partial charge in [0.05, 0.1) is 54.9 Å². The Morgan fingerprint density at radius 2 is 0.802 bits per heavy atom. The Morgan fingerprint density at radius 3 is 1.16 bits per heavy atom. The zero-order valence-corrected chi connectivity index (χ0v) is 74.0. The molecule has 0 aromatic carbocycles. The minimum atomic E-state index is -4.51. The van der Waals surface area contributed by atoms with Crippen molar-refractivity contribution < 1.29 is 64.5 Å². The summed E-state index contributed by atoms with van der Waals surface area (Å²) < 4.78 is 102. The highest BCUT2D eigenvalue weighted by Gasteiger charge is 2.36. The topological polar surface area (TPSA) is 327 Å². The smallest absolute Gasteiger partial charge is 0.375 e. The Balaban J connectivity index is 0.000000172. The van der Waals surface area contributed by atoms with Crippen LogP contribution in [-0.2, 0) is 57.8 Å². The predicted molar refractivity (Wildman–Crippen MR) is 459 cm³/mol. The number of hydrogen-bond acceptors (Lipinski definition) is 18. The van der Waals surface area contributed by atoms with Crippen LogP contribution in [0.4, 0.5) is 56.1 Å². The molecule has 28 nitrogen and oxygen atoms in total. The average Bonchev–Trinajstić information content (AvgIpc) is 1.70. The molecule has 0 spiro atoms. The number of fused-ring (bicyclic) bond motifs is 5. The number of carbonyl (C=O) groups excluding carboxylic acids is 5. The molecule has 0 bridgehead atoms. The van der Waals surface area contributed by atoms with Crippen LogP contribution in [0.25, 0.3) is 55.8 Å². The molecule has 1 saturated carbocycles. The third-order valence-electron chi connectivity index (χ3n) is 19.2. The highest BCUT2D eigenvalue weighted by molar-refractivity contribution is 6.31. The molecule has 10 aromatic heterocycles. The molecule has 1 aliphatic carbocycles. The summed E-state index contributed by atoms with van der Waals surface area (Å²) in [7, 11) is 0. The van der Waals surface area contributed by atoms with E-state index in [1.165, 1.54) is 49.9 Å². The Bertz CT molecular complexity index is 5290. The minimum absolute atomic E-state index is 0.00335. The van der Waals surface area contributed by atoms with Gasteiger partial charge in [0, 0.05) is 31.5 Å². The normalized spacial score (nSPS) is 16.2. The lowest BCUT2D eigenvalue weighted by Gasteiger charge is -2.35. The number of anilines is 5. The summed E-state index contributed by atoms with van der Waals surface area (Å²) in [5.74, 6) is 0.681. The lowest BCUT2D eigenvalue weighted by atomic mass is 9.92. The van der Waals surface area contributed by atoms with Crippen LogP contribution < -0.4 is 26.6 Å². The Labute approximate surface area is 722 Å². The molecule has 13 rings (SSSR count). The van der Waals surface area contributed by atoms with Gasteiger partial charge in [-0.05, 0) is 193 Å². The second kappa shape index (κ2) is 41.1. The number of rotatable bonds is 22. The van der Waals surface area contributed by atoms with Gasteiger partial charge < -0.3 is 14.2 Å². The van der Waals surface area contributed by atoms with E-state index in [1.807, 2.05) is 109 Å². The van der Waals surface area contributed by atoms with Gasteiger partial charge in [-0.1, -0.05) is 111 Å². The van der Waals surface area contributed by atoms with E-state index in [4.69, 9.17) is 72.2 Å².